The van der Waals surface area contributed by atoms with E-state index in [9.17, 15) is 14.7 Å². The van der Waals surface area contributed by atoms with E-state index in [1.807, 2.05) is 42.6 Å². The third-order valence-corrected chi connectivity index (χ3v) is 6.29. The SMILES string of the molecule is CN(C(=O)OCC1c2ccccc2-c2ccccc21)[C@H](CCCCc1cccnc1)C(=O)O. The number of rotatable bonds is 9. The van der Waals surface area contributed by atoms with Crippen LogP contribution in [0.25, 0.3) is 11.1 Å². The summed E-state index contributed by atoms with van der Waals surface area (Å²) in [7, 11) is 1.50. The highest BCUT2D eigenvalue weighted by Crippen LogP contribution is 2.44. The van der Waals surface area contributed by atoms with Crippen LogP contribution in [0.5, 0.6) is 0 Å². The van der Waals surface area contributed by atoms with Crippen molar-refractivity contribution in [3.05, 3.63) is 89.7 Å². The molecular weight excluding hydrogens is 416 g/mol. The van der Waals surface area contributed by atoms with E-state index in [0.29, 0.717) is 12.8 Å². The highest BCUT2D eigenvalue weighted by Gasteiger charge is 2.31. The lowest BCUT2D eigenvalue weighted by molar-refractivity contribution is -0.142. The number of pyridine rings is 1. The molecule has 1 aliphatic carbocycles. The van der Waals surface area contributed by atoms with Gasteiger partial charge in [-0.15, -0.1) is 0 Å². The zero-order valence-corrected chi connectivity index (χ0v) is 18.7. The molecule has 1 atom stereocenters. The Kier molecular flexibility index (Phi) is 7.03. The maximum atomic E-state index is 12.8. The Hall–Kier alpha value is -3.67. The minimum absolute atomic E-state index is 0.0579. The molecule has 0 saturated carbocycles. The number of aryl methyl sites for hydroxylation is 1. The number of hydrogen-bond donors (Lipinski definition) is 1. The minimum atomic E-state index is -1.02. The first-order valence-corrected chi connectivity index (χ1v) is 11.3. The van der Waals surface area contributed by atoms with Crippen LogP contribution in [0, 0.1) is 0 Å². The summed E-state index contributed by atoms with van der Waals surface area (Å²) in [5, 5.41) is 9.69. The first kappa shape index (κ1) is 22.5. The third kappa shape index (κ3) is 5.06. The van der Waals surface area contributed by atoms with Crippen LogP contribution < -0.4 is 0 Å². The van der Waals surface area contributed by atoms with E-state index in [1.54, 1.807) is 6.20 Å². The van der Waals surface area contributed by atoms with Gasteiger partial charge in [-0.2, -0.15) is 0 Å². The van der Waals surface area contributed by atoms with Crippen molar-refractivity contribution in [1.29, 1.82) is 0 Å². The zero-order valence-electron chi connectivity index (χ0n) is 18.7. The number of carbonyl (C=O) groups excluding carboxylic acids is 1. The standard InChI is InChI=1S/C27H28N2O4/c1-29(25(26(30)31)15-7-2-9-19-10-8-16-28-17-19)27(32)33-18-24-22-13-5-3-11-20(22)21-12-4-6-14-23(21)24/h3-6,8,10-14,16-17,24-25H,2,7,9,15,18H2,1H3,(H,30,31)/t25-/m1/s1. The number of carbonyl (C=O) groups is 2. The Labute approximate surface area is 193 Å². The highest BCUT2D eigenvalue weighted by molar-refractivity contribution is 5.81. The third-order valence-electron chi connectivity index (χ3n) is 6.29. The second-order valence-corrected chi connectivity index (χ2v) is 8.38. The fraction of sp³-hybridized carbons (Fsp3) is 0.296. The monoisotopic (exact) mass is 444 g/mol. The molecule has 2 aromatic carbocycles. The quantitative estimate of drug-likeness (QED) is 0.463. The molecular formula is C27H28N2O4. The van der Waals surface area contributed by atoms with Gasteiger partial charge in [-0.3, -0.25) is 9.88 Å². The molecule has 6 nitrogen and oxygen atoms in total. The average molecular weight is 445 g/mol. The Balaban J connectivity index is 1.34. The molecule has 1 heterocycles. The molecule has 0 radical (unpaired) electrons. The molecule has 1 amide bonds. The van der Waals surface area contributed by atoms with Crippen molar-refractivity contribution < 1.29 is 19.4 Å². The Bertz CT molecular complexity index is 1070. The number of nitrogens with zero attached hydrogens (tertiary/aromatic N) is 2. The second-order valence-electron chi connectivity index (χ2n) is 8.38. The predicted molar refractivity (Wildman–Crippen MR) is 126 cm³/mol. The maximum Gasteiger partial charge on any atom is 0.410 e. The molecule has 170 valence electrons. The van der Waals surface area contributed by atoms with Gasteiger partial charge < -0.3 is 9.84 Å². The van der Waals surface area contributed by atoms with E-state index >= 15 is 0 Å². The molecule has 0 saturated heterocycles. The highest BCUT2D eigenvalue weighted by atomic mass is 16.6. The smallest absolute Gasteiger partial charge is 0.410 e. The lowest BCUT2D eigenvalue weighted by atomic mass is 9.98. The number of unbranched alkanes of at least 4 members (excludes halogenated alkanes) is 1. The molecule has 6 heteroatoms. The van der Waals surface area contributed by atoms with Crippen molar-refractivity contribution >= 4 is 12.1 Å². The van der Waals surface area contributed by atoms with E-state index < -0.39 is 18.1 Å². The Morgan fingerprint density at radius 3 is 2.27 bits per heavy atom. The molecule has 0 fully saturated rings. The van der Waals surface area contributed by atoms with Crippen LogP contribution >= 0.6 is 0 Å². The van der Waals surface area contributed by atoms with Crippen LogP contribution in [0.3, 0.4) is 0 Å². The number of carboxylic acids is 1. The van der Waals surface area contributed by atoms with Gasteiger partial charge in [-0.25, -0.2) is 9.59 Å². The van der Waals surface area contributed by atoms with Gasteiger partial charge in [0.15, 0.2) is 0 Å². The normalized spacial score (nSPS) is 13.1. The Morgan fingerprint density at radius 1 is 1.00 bits per heavy atom. The van der Waals surface area contributed by atoms with Gasteiger partial charge in [0.25, 0.3) is 0 Å². The molecule has 4 rings (SSSR count). The van der Waals surface area contributed by atoms with E-state index in [4.69, 9.17) is 4.74 Å². The summed E-state index contributed by atoms with van der Waals surface area (Å²) in [6, 6.07) is 19.2. The van der Waals surface area contributed by atoms with Crippen LogP contribution in [0.1, 0.15) is 41.9 Å². The number of fused-ring (bicyclic) bond motifs is 3. The van der Waals surface area contributed by atoms with Crippen LogP contribution in [0.2, 0.25) is 0 Å². The lowest BCUT2D eigenvalue weighted by Crippen LogP contribution is -2.43. The molecule has 1 aliphatic rings. The summed E-state index contributed by atoms with van der Waals surface area (Å²) in [5.74, 6) is -1.08. The van der Waals surface area contributed by atoms with E-state index in [1.165, 1.54) is 11.9 Å². The molecule has 0 spiro atoms. The number of amides is 1. The minimum Gasteiger partial charge on any atom is -0.480 e. The fourth-order valence-electron chi connectivity index (χ4n) is 4.52. The number of benzene rings is 2. The van der Waals surface area contributed by atoms with Crippen molar-refractivity contribution in [2.45, 2.75) is 37.6 Å². The van der Waals surface area contributed by atoms with E-state index in [2.05, 4.69) is 29.2 Å². The lowest BCUT2D eigenvalue weighted by Gasteiger charge is -2.25. The van der Waals surface area contributed by atoms with Crippen molar-refractivity contribution in [2.24, 2.45) is 0 Å². The van der Waals surface area contributed by atoms with Crippen LogP contribution in [-0.4, -0.2) is 46.7 Å². The number of hydrogen-bond acceptors (Lipinski definition) is 4. The molecule has 1 aromatic heterocycles. The van der Waals surface area contributed by atoms with Gasteiger partial charge in [-0.05, 0) is 53.1 Å². The first-order valence-electron chi connectivity index (χ1n) is 11.3. The fourth-order valence-corrected chi connectivity index (χ4v) is 4.52. The van der Waals surface area contributed by atoms with Crippen molar-refractivity contribution in [2.75, 3.05) is 13.7 Å². The van der Waals surface area contributed by atoms with Crippen LogP contribution in [0.15, 0.2) is 73.1 Å². The number of aliphatic carboxylic acids is 1. The summed E-state index contributed by atoms with van der Waals surface area (Å²) >= 11 is 0. The molecule has 3 aromatic rings. The largest absolute Gasteiger partial charge is 0.480 e. The van der Waals surface area contributed by atoms with Gasteiger partial charge in [0, 0.05) is 25.4 Å². The zero-order chi connectivity index (χ0) is 23.2. The van der Waals surface area contributed by atoms with Gasteiger partial charge in [0.05, 0.1) is 0 Å². The van der Waals surface area contributed by atoms with E-state index in [-0.39, 0.29) is 12.5 Å². The topological polar surface area (TPSA) is 79.7 Å². The molecule has 0 aliphatic heterocycles. The average Bonchev–Trinajstić information content (AvgIpc) is 3.16. The maximum absolute atomic E-state index is 12.8. The van der Waals surface area contributed by atoms with Crippen LogP contribution in [0.4, 0.5) is 4.79 Å². The number of likely N-dealkylation sites (N-methyl/N-ethyl adjacent to an activating group) is 1. The van der Waals surface area contributed by atoms with Gasteiger partial charge in [-0.1, -0.05) is 61.0 Å². The number of aromatic nitrogens is 1. The van der Waals surface area contributed by atoms with E-state index in [0.717, 1.165) is 40.7 Å². The predicted octanol–water partition coefficient (Wildman–Crippen LogP) is 5.13. The second kappa shape index (κ2) is 10.3. The summed E-state index contributed by atoms with van der Waals surface area (Å²) < 4.78 is 5.62. The molecule has 1 N–H and O–H groups in total. The summed E-state index contributed by atoms with van der Waals surface area (Å²) in [5.41, 5.74) is 5.67. The molecule has 0 bridgehead atoms. The van der Waals surface area contributed by atoms with Crippen molar-refractivity contribution in [1.82, 2.24) is 9.88 Å². The molecule has 0 unspecified atom stereocenters. The van der Waals surface area contributed by atoms with Crippen LogP contribution in [-0.2, 0) is 16.0 Å². The summed E-state index contributed by atoms with van der Waals surface area (Å²) in [4.78, 5) is 29.9. The number of carboxylic acid groups (broad SMARTS) is 1. The van der Waals surface area contributed by atoms with Gasteiger partial charge >= 0.3 is 12.1 Å². The first-order chi connectivity index (χ1) is 16.1. The van der Waals surface area contributed by atoms with Gasteiger partial charge in [0.1, 0.15) is 12.6 Å². The number of ether oxygens (including phenoxy) is 1. The van der Waals surface area contributed by atoms with Crippen molar-refractivity contribution in [3.63, 3.8) is 0 Å². The van der Waals surface area contributed by atoms with Gasteiger partial charge in [0.2, 0.25) is 0 Å². The molecule has 33 heavy (non-hydrogen) atoms. The van der Waals surface area contributed by atoms with Crippen molar-refractivity contribution in [3.8, 4) is 11.1 Å². The summed E-state index contributed by atoms with van der Waals surface area (Å²) in [6.45, 7) is 0.171. The summed E-state index contributed by atoms with van der Waals surface area (Å²) in [6.07, 6.45) is 5.65. The Morgan fingerprint density at radius 2 is 1.67 bits per heavy atom.